The molecule has 0 aromatic carbocycles. The minimum absolute atomic E-state index is 0.0290. The highest BCUT2D eigenvalue weighted by Crippen LogP contribution is 2.21. The number of carboxylic acids is 1. The Labute approximate surface area is 112 Å². The summed E-state index contributed by atoms with van der Waals surface area (Å²) in [6.07, 6.45) is 4.07. The number of aryl methyl sites for hydroxylation is 1. The predicted octanol–water partition coefficient (Wildman–Crippen LogP) is 2.31. The van der Waals surface area contributed by atoms with Gasteiger partial charge in [-0.25, -0.2) is 4.79 Å². The van der Waals surface area contributed by atoms with Crippen molar-refractivity contribution < 1.29 is 19.1 Å². The Kier molecular flexibility index (Phi) is 4.24. The van der Waals surface area contributed by atoms with Gasteiger partial charge in [-0.15, -0.1) is 0 Å². The normalized spacial score (nSPS) is 19.1. The van der Waals surface area contributed by atoms with E-state index in [9.17, 15) is 9.59 Å². The topological polar surface area (TPSA) is 70.8 Å². The number of hydrogen-bond acceptors (Lipinski definition) is 3. The third-order valence-electron chi connectivity index (χ3n) is 3.62. The first-order valence-electron chi connectivity index (χ1n) is 6.73. The van der Waals surface area contributed by atoms with E-state index in [4.69, 9.17) is 9.52 Å². The van der Waals surface area contributed by atoms with E-state index in [1.165, 1.54) is 6.07 Å². The molecule has 0 bridgehead atoms. The summed E-state index contributed by atoms with van der Waals surface area (Å²) >= 11 is 0. The van der Waals surface area contributed by atoms with E-state index in [1.807, 2.05) is 4.90 Å². The summed E-state index contributed by atoms with van der Waals surface area (Å²) < 4.78 is 5.19. The maximum atomic E-state index is 11.7. The van der Waals surface area contributed by atoms with Crippen molar-refractivity contribution in [3.05, 3.63) is 23.7 Å². The zero-order valence-electron chi connectivity index (χ0n) is 11.1. The molecule has 1 aliphatic rings. The molecule has 0 saturated carbocycles. The molecule has 1 atom stereocenters. The van der Waals surface area contributed by atoms with E-state index in [2.05, 4.69) is 6.92 Å². The lowest BCUT2D eigenvalue weighted by Crippen LogP contribution is -2.33. The monoisotopic (exact) mass is 265 g/mol. The fourth-order valence-corrected chi connectivity index (χ4v) is 2.58. The van der Waals surface area contributed by atoms with Gasteiger partial charge in [0, 0.05) is 25.4 Å². The van der Waals surface area contributed by atoms with E-state index in [0.717, 1.165) is 25.8 Å². The first kappa shape index (κ1) is 13.6. The number of likely N-dealkylation sites (tertiary alicyclic amines) is 1. The zero-order valence-corrected chi connectivity index (χ0v) is 11.1. The Morgan fingerprint density at radius 2 is 2.32 bits per heavy atom. The fraction of sp³-hybridized carbons (Fsp3) is 0.571. The Hall–Kier alpha value is -1.78. The molecule has 1 amide bonds. The molecular weight excluding hydrogens is 246 g/mol. The van der Waals surface area contributed by atoms with Gasteiger partial charge in [0.1, 0.15) is 5.76 Å². The summed E-state index contributed by atoms with van der Waals surface area (Å²) in [5.41, 5.74) is 0. The smallest absolute Gasteiger partial charge is 0.371 e. The lowest BCUT2D eigenvalue weighted by molar-refractivity contribution is -0.129. The number of carbonyl (C=O) groups excluding carboxylic acids is 1. The van der Waals surface area contributed by atoms with E-state index in [-0.39, 0.29) is 11.7 Å². The van der Waals surface area contributed by atoms with Gasteiger partial charge in [0.05, 0.1) is 0 Å². The highest BCUT2D eigenvalue weighted by atomic mass is 16.4. The number of rotatable bonds is 6. The summed E-state index contributed by atoms with van der Waals surface area (Å²) in [6, 6.07) is 3.53. The molecule has 0 radical (unpaired) electrons. The standard InChI is InChI=1S/C14H19NO4/c1-2-10-5-8-13(16)15(10)9-3-4-11-6-7-12(19-11)14(17)18/h6-7,10H,2-5,8-9H2,1H3,(H,17,18). The molecule has 2 heterocycles. The zero-order chi connectivity index (χ0) is 13.8. The summed E-state index contributed by atoms with van der Waals surface area (Å²) in [7, 11) is 0. The van der Waals surface area contributed by atoms with Gasteiger partial charge in [-0.3, -0.25) is 4.79 Å². The van der Waals surface area contributed by atoms with Crippen molar-refractivity contribution in [3.8, 4) is 0 Å². The molecule has 104 valence electrons. The molecule has 19 heavy (non-hydrogen) atoms. The van der Waals surface area contributed by atoms with Crippen molar-refractivity contribution in [1.82, 2.24) is 4.90 Å². The number of aromatic carboxylic acids is 1. The van der Waals surface area contributed by atoms with Crippen LogP contribution in [0.3, 0.4) is 0 Å². The van der Waals surface area contributed by atoms with Crippen molar-refractivity contribution in [3.63, 3.8) is 0 Å². The maximum absolute atomic E-state index is 11.7. The third kappa shape index (κ3) is 3.16. The van der Waals surface area contributed by atoms with Crippen LogP contribution in [-0.2, 0) is 11.2 Å². The van der Waals surface area contributed by atoms with Crippen LogP contribution in [0.15, 0.2) is 16.5 Å². The van der Waals surface area contributed by atoms with Crippen molar-refractivity contribution >= 4 is 11.9 Å². The average Bonchev–Trinajstić information content (AvgIpc) is 2.98. The van der Waals surface area contributed by atoms with E-state index in [1.54, 1.807) is 6.07 Å². The summed E-state index contributed by atoms with van der Waals surface area (Å²) in [5.74, 6) is -0.180. The van der Waals surface area contributed by atoms with Gasteiger partial charge < -0.3 is 14.4 Å². The molecule has 2 rings (SSSR count). The van der Waals surface area contributed by atoms with Crippen LogP contribution in [0.2, 0.25) is 0 Å². The summed E-state index contributed by atoms with van der Waals surface area (Å²) in [4.78, 5) is 24.3. The number of nitrogens with zero attached hydrogens (tertiary/aromatic N) is 1. The molecule has 1 aromatic rings. The molecule has 0 aliphatic carbocycles. The molecular formula is C14H19NO4. The summed E-state index contributed by atoms with van der Waals surface area (Å²) in [6.45, 7) is 2.82. The Morgan fingerprint density at radius 1 is 1.53 bits per heavy atom. The molecule has 1 aromatic heterocycles. The maximum Gasteiger partial charge on any atom is 0.371 e. The van der Waals surface area contributed by atoms with Crippen LogP contribution in [0, 0.1) is 0 Å². The first-order chi connectivity index (χ1) is 9.11. The van der Waals surface area contributed by atoms with Crippen molar-refractivity contribution in [1.29, 1.82) is 0 Å². The lowest BCUT2D eigenvalue weighted by atomic mass is 10.1. The minimum Gasteiger partial charge on any atom is -0.475 e. The molecule has 1 aliphatic heterocycles. The molecule has 1 unspecified atom stereocenters. The first-order valence-corrected chi connectivity index (χ1v) is 6.73. The summed E-state index contributed by atoms with van der Waals surface area (Å²) in [5, 5.41) is 8.75. The van der Waals surface area contributed by atoms with Gasteiger partial charge in [-0.1, -0.05) is 6.92 Å². The second-order valence-electron chi connectivity index (χ2n) is 4.86. The Bertz CT molecular complexity index is 466. The minimum atomic E-state index is -1.05. The highest BCUT2D eigenvalue weighted by molar-refractivity contribution is 5.84. The largest absolute Gasteiger partial charge is 0.475 e. The van der Waals surface area contributed by atoms with Crippen molar-refractivity contribution in [2.24, 2.45) is 0 Å². The van der Waals surface area contributed by atoms with Crippen LogP contribution in [0.1, 0.15) is 48.9 Å². The van der Waals surface area contributed by atoms with Gasteiger partial charge in [0.2, 0.25) is 11.7 Å². The van der Waals surface area contributed by atoms with Gasteiger partial charge in [0.25, 0.3) is 0 Å². The number of carbonyl (C=O) groups is 2. The predicted molar refractivity (Wildman–Crippen MR) is 69.0 cm³/mol. The second-order valence-corrected chi connectivity index (χ2v) is 4.86. The van der Waals surface area contributed by atoms with Crippen LogP contribution < -0.4 is 0 Å². The van der Waals surface area contributed by atoms with Crippen LogP contribution in [0.5, 0.6) is 0 Å². The van der Waals surface area contributed by atoms with Crippen LogP contribution in [0.25, 0.3) is 0 Å². The number of furan rings is 1. The van der Waals surface area contributed by atoms with Crippen molar-refractivity contribution in [2.75, 3.05) is 6.54 Å². The molecule has 1 N–H and O–H groups in total. The van der Waals surface area contributed by atoms with E-state index >= 15 is 0 Å². The van der Waals surface area contributed by atoms with Crippen LogP contribution in [-0.4, -0.2) is 34.5 Å². The number of hydrogen-bond donors (Lipinski definition) is 1. The Morgan fingerprint density at radius 3 is 2.95 bits per heavy atom. The van der Waals surface area contributed by atoms with Gasteiger partial charge >= 0.3 is 5.97 Å². The average molecular weight is 265 g/mol. The lowest BCUT2D eigenvalue weighted by Gasteiger charge is -2.23. The van der Waals surface area contributed by atoms with E-state index < -0.39 is 5.97 Å². The molecule has 5 nitrogen and oxygen atoms in total. The quantitative estimate of drug-likeness (QED) is 0.856. The van der Waals surface area contributed by atoms with Gasteiger partial charge in [-0.05, 0) is 31.4 Å². The van der Waals surface area contributed by atoms with Crippen LogP contribution >= 0.6 is 0 Å². The molecule has 5 heteroatoms. The highest BCUT2D eigenvalue weighted by Gasteiger charge is 2.28. The number of carboxylic acid groups (broad SMARTS) is 1. The van der Waals surface area contributed by atoms with Crippen molar-refractivity contribution in [2.45, 2.75) is 45.1 Å². The van der Waals surface area contributed by atoms with Gasteiger partial charge in [0.15, 0.2) is 0 Å². The van der Waals surface area contributed by atoms with Gasteiger partial charge in [-0.2, -0.15) is 0 Å². The molecule has 0 spiro atoms. The molecule has 1 saturated heterocycles. The second kappa shape index (κ2) is 5.91. The Balaban J connectivity index is 1.82. The SMILES string of the molecule is CCC1CCC(=O)N1CCCc1ccc(C(=O)O)o1. The van der Waals surface area contributed by atoms with Crippen LogP contribution in [0.4, 0.5) is 0 Å². The molecule has 1 fully saturated rings. The third-order valence-corrected chi connectivity index (χ3v) is 3.62. The number of amides is 1. The van der Waals surface area contributed by atoms with E-state index in [0.29, 0.717) is 24.6 Å². The fourth-order valence-electron chi connectivity index (χ4n) is 2.58.